The molecule has 2 heterocycles. The van der Waals surface area contributed by atoms with Gasteiger partial charge in [-0.3, -0.25) is 9.59 Å². The number of benzene rings is 2. The number of imide groups is 1. The molecule has 0 unspecified atom stereocenters. The van der Waals surface area contributed by atoms with Crippen LogP contribution in [0.3, 0.4) is 0 Å². The van der Waals surface area contributed by atoms with Gasteiger partial charge in [-0.1, -0.05) is 29.8 Å². The lowest BCUT2D eigenvalue weighted by Gasteiger charge is -2.13. The van der Waals surface area contributed by atoms with Gasteiger partial charge in [0.2, 0.25) is 6.79 Å². The molecule has 120 valence electrons. The van der Waals surface area contributed by atoms with Gasteiger partial charge in [0, 0.05) is 0 Å². The molecule has 24 heavy (non-hydrogen) atoms. The molecule has 0 N–H and O–H groups in total. The van der Waals surface area contributed by atoms with E-state index in [4.69, 9.17) is 21.1 Å². The van der Waals surface area contributed by atoms with E-state index in [9.17, 15) is 9.59 Å². The number of anilines is 1. The maximum absolute atomic E-state index is 12.6. The smallest absolute Gasteiger partial charge is 0.298 e. The predicted octanol–water partition coefficient (Wildman–Crippen LogP) is 4.31. The maximum atomic E-state index is 12.6. The number of fused-ring (bicyclic) bond motifs is 1. The molecule has 5 nitrogen and oxygen atoms in total. The fraction of sp³-hybridized carbons (Fsp3) is 0.0588. The number of carbonyl (C=O) groups is 2. The van der Waals surface area contributed by atoms with Gasteiger partial charge >= 0.3 is 0 Å². The third-order valence-corrected chi connectivity index (χ3v) is 4.77. The Hall–Kier alpha value is -2.44. The Labute approximate surface area is 146 Å². The lowest BCUT2D eigenvalue weighted by Crippen LogP contribution is -2.27. The van der Waals surface area contributed by atoms with Crippen molar-refractivity contribution in [3.63, 3.8) is 0 Å². The summed E-state index contributed by atoms with van der Waals surface area (Å²) in [5.41, 5.74) is 1.14. The molecule has 0 aromatic heterocycles. The van der Waals surface area contributed by atoms with Crippen LogP contribution in [0, 0.1) is 0 Å². The molecular weight excluding hydrogens is 350 g/mol. The Morgan fingerprint density at radius 1 is 1.08 bits per heavy atom. The SMILES string of the molecule is O=C1S/C(=C\c2ccc3c(c2)OCO3)C(=O)N1c1ccccc1Cl. The summed E-state index contributed by atoms with van der Waals surface area (Å²) in [6.07, 6.45) is 1.66. The molecule has 0 spiro atoms. The number of nitrogens with zero attached hydrogens (tertiary/aromatic N) is 1. The summed E-state index contributed by atoms with van der Waals surface area (Å²) in [7, 11) is 0. The van der Waals surface area contributed by atoms with Crippen LogP contribution in [-0.4, -0.2) is 17.9 Å². The van der Waals surface area contributed by atoms with Gasteiger partial charge in [0.05, 0.1) is 15.6 Å². The highest BCUT2D eigenvalue weighted by Crippen LogP contribution is 2.39. The van der Waals surface area contributed by atoms with E-state index < -0.39 is 5.91 Å². The van der Waals surface area contributed by atoms with E-state index in [2.05, 4.69) is 0 Å². The Balaban J connectivity index is 1.67. The summed E-state index contributed by atoms with van der Waals surface area (Å²) < 4.78 is 10.6. The standard InChI is InChI=1S/C17H10ClNO4S/c18-11-3-1-2-4-12(11)19-16(20)15(24-17(19)21)8-10-5-6-13-14(7-10)23-9-22-13/h1-8H,9H2/b15-8-. The van der Waals surface area contributed by atoms with Crippen molar-refractivity contribution >= 4 is 46.3 Å². The van der Waals surface area contributed by atoms with Crippen LogP contribution in [0.1, 0.15) is 5.56 Å². The molecule has 2 aliphatic heterocycles. The van der Waals surface area contributed by atoms with E-state index >= 15 is 0 Å². The summed E-state index contributed by atoms with van der Waals surface area (Å²) in [5.74, 6) is 0.890. The summed E-state index contributed by atoms with van der Waals surface area (Å²) in [5, 5.41) is -0.0239. The number of rotatable bonds is 2. The molecule has 2 aromatic carbocycles. The van der Waals surface area contributed by atoms with Gasteiger partial charge in [0.1, 0.15) is 0 Å². The Kier molecular flexibility index (Phi) is 3.70. The van der Waals surface area contributed by atoms with Gasteiger partial charge in [0.15, 0.2) is 11.5 Å². The van der Waals surface area contributed by atoms with Crippen molar-refractivity contribution in [3.05, 3.63) is 58.0 Å². The second kappa shape index (κ2) is 5.89. The molecular formula is C17H10ClNO4S. The van der Waals surface area contributed by atoms with Crippen LogP contribution in [0.25, 0.3) is 6.08 Å². The van der Waals surface area contributed by atoms with E-state index in [0.717, 1.165) is 22.2 Å². The van der Waals surface area contributed by atoms with Crippen molar-refractivity contribution in [2.45, 2.75) is 0 Å². The molecule has 2 aliphatic rings. The number of halogens is 1. The first kappa shape index (κ1) is 15.1. The summed E-state index contributed by atoms with van der Waals surface area (Å²) >= 11 is 6.98. The van der Waals surface area contributed by atoms with Crippen molar-refractivity contribution in [3.8, 4) is 11.5 Å². The average Bonchev–Trinajstić information content (AvgIpc) is 3.13. The van der Waals surface area contributed by atoms with Crippen LogP contribution >= 0.6 is 23.4 Å². The van der Waals surface area contributed by atoms with E-state index in [1.54, 1.807) is 48.5 Å². The van der Waals surface area contributed by atoms with Crippen LogP contribution in [0.5, 0.6) is 11.5 Å². The fourth-order valence-corrected chi connectivity index (χ4v) is 3.52. The van der Waals surface area contributed by atoms with Gasteiger partial charge < -0.3 is 9.47 Å². The van der Waals surface area contributed by atoms with E-state index in [0.29, 0.717) is 27.1 Å². The highest BCUT2D eigenvalue weighted by Gasteiger charge is 2.37. The predicted molar refractivity (Wildman–Crippen MR) is 92.5 cm³/mol. The monoisotopic (exact) mass is 359 g/mol. The van der Waals surface area contributed by atoms with E-state index in [-0.39, 0.29) is 12.0 Å². The number of para-hydroxylation sites is 1. The second-order valence-corrected chi connectivity index (χ2v) is 6.48. The molecule has 2 amide bonds. The van der Waals surface area contributed by atoms with Crippen molar-refractivity contribution < 1.29 is 19.1 Å². The maximum Gasteiger partial charge on any atom is 0.298 e. The van der Waals surface area contributed by atoms with E-state index in [1.165, 1.54) is 0 Å². The lowest BCUT2D eigenvalue weighted by atomic mass is 10.2. The minimum Gasteiger partial charge on any atom is -0.454 e. The third kappa shape index (κ3) is 2.53. The molecule has 4 rings (SSSR count). The first-order valence-corrected chi connectivity index (χ1v) is 8.25. The normalized spacial score (nSPS) is 17.9. The average molecular weight is 360 g/mol. The molecule has 0 aliphatic carbocycles. The van der Waals surface area contributed by atoms with Gasteiger partial charge in [-0.2, -0.15) is 0 Å². The molecule has 0 radical (unpaired) electrons. The zero-order valence-corrected chi connectivity index (χ0v) is 13.8. The minimum atomic E-state index is -0.393. The molecule has 2 aromatic rings. The van der Waals surface area contributed by atoms with E-state index in [1.807, 2.05) is 0 Å². The number of amides is 2. The minimum absolute atomic E-state index is 0.182. The van der Waals surface area contributed by atoms with Crippen LogP contribution in [-0.2, 0) is 4.79 Å². The number of hydrogen-bond donors (Lipinski definition) is 0. The van der Waals surface area contributed by atoms with Crippen LogP contribution in [0.4, 0.5) is 10.5 Å². The summed E-state index contributed by atoms with van der Waals surface area (Å²) in [6, 6.07) is 12.1. The third-order valence-electron chi connectivity index (χ3n) is 3.58. The number of ether oxygens (including phenoxy) is 2. The summed E-state index contributed by atoms with van der Waals surface area (Å²) in [6.45, 7) is 0.182. The first-order chi connectivity index (χ1) is 11.6. The molecule has 7 heteroatoms. The topological polar surface area (TPSA) is 55.8 Å². The first-order valence-electron chi connectivity index (χ1n) is 7.05. The molecule has 0 bridgehead atoms. The zero-order valence-electron chi connectivity index (χ0n) is 12.2. The quantitative estimate of drug-likeness (QED) is 0.748. The second-order valence-electron chi connectivity index (χ2n) is 5.08. The molecule has 1 saturated heterocycles. The van der Waals surface area contributed by atoms with Crippen molar-refractivity contribution in [1.29, 1.82) is 0 Å². The Bertz CT molecular complexity index is 896. The molecule has 0 atom stereocenters. The lowest BCUT2D eigenvalue weighted by molar-refractivity contribution is -0.113. The highest BCUT2D eigenvalue weighted by atomic mass is 35.5. The summed E-state index contributed by atoms with van der Waals surface area (Å²) in [4.78, 5) is 26.3. The van der Waals surface area contributed by atoms with Gasteiger partial charge in [0.25, 0.3) is 11.1 Å². The number of hydrogen-bond acceptors (Lipinski definition) is 5. The van der Waals surface area contributed by atoms with Crippen LogP contribution < -0.4 is 14.4 Å². The fourth-order valence-electron chi connectivity index (χ4n) is 2.46. The Morgan fingerprint density at radius 2 is 1.88 bits per heavy atom. The van der Waals surface area contributed by atoms with Crippen LogP contribution in [0.15, 0.2) is 47.4 Å². The molecule has 1 fully saturated rings. The van der Waals surface area contributed by atoms with Gasteiger partial charge in [-0.05, 0) is 47.7 Å². The highest BCUT2D eigenvalue weighted by molar-refractivity contribution is 8.19. The Morgan fingerprint density at radius 3 is 2.71 bits per heavy atom. The zero-order chi connectivity index (χ0) is 16.7. The van der Waals surface area contributed by atoms with Crippen molar-refractivity contribution in [2.75, 3.05) is 11.7 Å². The van der Waals surface area contributed by atoms with Gasteiger partial charge in [-0.15, -0.1) is 0 Å². The van der Waals surface area contributed by atoms with Gasteiger partial charge in [-0.25, -0.2) is 4.90 Å². The largest absolute Gasteiger partial charge is 0.454 e. The van der Waals surface area contributed by atoms with Crippen molar-refractivity contribution in [2.24, 2.45) is 0 Å². The number of thioether (sulfide) groups is 1. The van der Waals surface area contributed by atoms with Crippen molar-refractivity contribution in [1.82, 2.24) is 0 Å². The number of carbonyl (C=O) groups excluding carboxylic acids is 2. The van der Waals surface area contributed by atoms with Crippen LogP contribution in [0.2, 0.25) is 5.02 Å². The molecule has 0 saturated carbocycles.